The number of hydrogen-bond donors (Lipinski definition) is 0. The van der Waals surface area contributed by atoms with Gasteiger partial charge in [-0.2, -0.15) is 0 Å². The largest absolute Gasteiger partial charge is 0.460 e. The van der Waals surface area contributed by atoms with E-state index in [1.807, 2.05) is 0 Å². The van der Waals surface area contributed by atoms with Crippen molar-refractivity contribution in [3.63, 3.8) is 0 Å². The van der Waals surface area contributed by atoms with Gasteiger partial charge in [0, 0.05) is 12.8 Å². The fourth-order valence-electron chi connectivity index (χ4n) is 6.65. The van der Waals surface area contributed by atoms with Gasteiger partial charge in [-0.1, -0.05) is 245 Å². The van der Waals surface area contributed by atoms with Crippen LogP contribution in [0.1, 0.15) is 219 Å². The van der Waals surface area contributed by atoms with Crippen LogP contribution in [0.5, 0.6) is 0 Å². The minimum atomic E-state index is -1.71. The van der Waals surface area contributed by atoms with Gasteiger partial charge in [-0.15, -0.1) is 11.1 Å². The first-order chi connectivity index (χ1) is 26.9. The van der Waals surface area contributed by atoms with Gasteiger partial charge in [0.2, 0.25) is 0 Å². The van der Waals surface area contributed by atoms with Crippen LogP contribution in [-0.4, -0.2) is 41.3 Å². The monoisotopic (exact) mass is 813 g/mol. The Bertz CT molecular complexity index is 1030. The van der Waals surface area contributed by atoms with E-state index < -0.39 is 16.1 Å². The van der Waals surface area contributed by atoms with Gasteiger partial charge in [0.25, 0.3) is 0 Å². The molecule has 324 valence electrons. The maximum Gasteiger partial charge on any atom is 0.306 e. The predicted octanol–water partition coefficient (Wildman–Crippen LogP) is 15.7. The molecule has 0 atom stereocenters. The molecule has 0 heterocycles. The molecule has 0 aromatic heterocycles. The van der Waals surface area contributed by atoms with E-state index in [9.17, 15) is 9.59 Å². The van der Waals surface area contributed by atoms with Crippen molar-refractivity contribution in [2.24, 2.45) is 0 Å². The topological polar surface area (TPSA) is 52.6 Å². The van der Waals surface area contributed by atoms with Crippen molar-refractivity contribution in [2.75, 3.05) is 13.2 Å². The SMILES string of the molecule is CCCCCCCCCCCCCCCCCC(=O)OC/C(C#C[Si](C)(C)C)=C(\C#C[Si](C)(C)C)COC(=O)CCCCCCCCCCCCCCCCC. The molecular weight excluding hydrogens is 721 g/mol. The molecule has 0 spiro atoms. The second-order valence-corrected chi connectivity index (χ2v) is 28.2. The van der Waals surface area contributed by atoms with Gasteiger partial charge < -0.3 is 9.47 Å². The quantitative estimate of drug-likeness (QED) is 0.0274. The van der Waals surface area contributed by atoms with Gasteiger partial charge in [0.05, 0.1) is 11.1 Å². The number of rotatable bonds is 36. The van der Waals surface area contributed by atoms with E-state index in [2.05, 4.69) is 76.1 Å². The zero-order valence-electron chi connectivity index (χ0n) is 38.7. The lowest BCUT2D eigenvalue weighted by Gasteiger charge is -2.12. The first-order valence-corrected chi connectivity index (χ1v) is 31.0. The normalized spacial score (nSPS) is 12.0. The van der Waals surface area contributed by atoms with Crippen molar-refractivity contribution >= 4 is 28.1 Å². The van der Waals surface area contributed by atoms with E-state index in [0.29, 0.717) is 24.0 Å². The molecule has 0 unspecified atom stereocenters. The van der Waals surface area contributed by atoms with E-state index in [1.165, 1.54) is 167 Å². The standard InChI is InChI=1S/C50H92O4Si2/c1-9-11-13-15-17-19-21-23-25-27-29-31-33-35-37-39-49(51)53-45-47(41-43-55(3,4)5)48(42-44-56(6,7)8)46-54-50(52)40-38-36-34-32-30-28-26-24-22-20-18-16-14-12-10-2/h9-40,45-46H2,1-8H3/b48-47+. The van der Waals surface area contributed by atoms with E-state index in [1.54, 1.807) is 0 Å². The molecule has 0 aliphatic rings. The Kier molecular flexibility index (Phi) is 36.3. The Morgan fingerprint density at radius 1 is 0.357 bits per heavy atom. The Labute approximate surface area is 351 Å². The summed E-state index contributed by atoms with van der Waals surface area (Å²) >= 11 is 0. The molecule has 0 amide bonds. The third-order valence-electron chi connectivity index (χ3n) is 10.3. The molecule has 0 aliphatic heterocycles. The molecule has 4 nitrogen and oxygen atoms in total. The minimum absolute atomic E-state index is 0.0847. The number of ether oxygens (including phenoxy) is 2. The van der Waals surface area contributed by atoms with Crippen molar-refractivity contribution in [3.8, 4) is 22.9 Å². The zero-order valence-corrected chi connectivity index (χ0v) is 40.7. The number of unbranched alkanes of at least 4 members (excludes halogenated alkanes) is 28. The van der Waals surface area contributed by atoms with Crippen molar-refractivity contribution in [3.05, 3.63) is 11.1 Å². The van der Waals surface area contributed by atoms with E-state index in [-0.39, 0.29) is 25.2 Å². The van der Waals surface area contributed by atoms with Gasteiger partial charge in [-0.3, -0.25) is 9.59 Å². The first kappa shape index (κ1) is 54.2. The van der Waals surface area contributed by atoms with Crippen LogP contribution in [0.25, 0.3) is 0 Å². The van der Waals surface area contributed by atoms with Crippen molar-refractivity contribution in [1.82, 2.24) is 0 Å². The first-order valence-electron chi connectivity index (χ1n) is 24.0. The lowest BCUT2D eigenvalue weighted by Crippen LogP contribution is -2.18. The lowest BCUT2D eigenvalue weighted by molar-refractivity contribution is -0.144. The molecule has 6 heteroatoms. The van der Waals surface area contributed by atoms with E-state index in [0.717, 1.165) is 25.7 Å². The summed E-state index contributed by atoms with van der Waals surface area (Å²) in [7, 11) is -3.42. The summed E-state index contributed by atoms with van der Waals surface area (Å²) in [4.78, 5) is 25.6. The maximum absolute atomic E-state index is 12.8. The molecule has 0 rings (SSSR count). The Hall–Kier alpha value is -1.77. The molecule has 0 fully saturated rings. The van der Waals surface area contributed by atoms with Gasteiger partial charge >= 0.3 is 11.9 Å². The summed E-state index contributed by atoms with van der Waals surface area (Å²) in [5, 5.41) is 0. The minimum Gasteiger partial charge on any atom is -0.460 e. The van der Waals surface area contributed by atoms with Crippen LogP contribution in [0, 0.1) is 22.9 Å². The summed E-state index contributed by atoms with van der Waals surface area (Å²) in [6, 6.07) is 0. The highest BCUT2D eigenvalue weighted by Crippen LogP contribution is 2.17. The Morgan fingerprint density at radius 2 is 0.571 bits per heavy atom. The van der Waals surface area contributed by atoms with E-state index >= 15 is 0 Å². The summed E-state index contributed by atoms with van der Waals surface area (Å²) in [5.74, 6) is 6.29. The second kappa shape index (κ2) is 37.5. The molecule has 0 bridgehead atoms. The fourth-order valence-corrected chi connectivity index (χ4v) is 7.71. The van der Waals surface area contributed by atoms with Crippen LogP contribution in [0.2, 0.25) is 39.3 Å². The van der Waals surface area contributed by atoms with Gasteiger partial charge in [-0.25, -0.2) is 0 Å². The van der Waals surface area contributed by atoms with Crippen molar-refractivity contribution < 1.29 is 19.1 Å². The van der Waals surface area contributed by atoms with Gasteiger partial charge in [0.1, 0.15) is 29.4 Å². The summed E-state index contributed by atoms with van der Waals surface area (Å²) in [6.07, 6.45) is 39.8. The molecule has 0 saturated heterocycles. The third-order valence-corrected chi connectivity index (χ3v) is 12.0. The smallest absolute Gasteiger partial charge is 0.306 e. The Morgan fingerprint density at radius 3 is 0.786 bits per heavy atom. The molecule has 0 saturated carbocycles. The van der Waals surface area contributed by atoms with Crippen LogP contribution >= 0.6 is 0 Å². The zero-order chi connectivity index (χ0) is 41.6. The predicted molar refractivity (Wildman–Crippen MR) is 250 cm³/mol. The number of hydrogen-bond acceptors (Lipinski definition) is 4. The highest BCUT2D eigenvalue weighted by atomic mass is 28.3. The summed E-state index contributed by atoms with van der Waals surface area (Å²) < 4.78 is 11.6. The van der Waals surface area contributed by atoms with Crippen LogP contribution in [0.3, 0.4) is 0 Å². The molecule has 0 aromatic carbocycles. The highest BCUT2D eigenvalue weighted by Gasteiger charge is 2.15. The van der Waals surface area contributed by atoms with Crippen LogP contribution in [0.4, 0.5) is 0 Å². The maximum atomic E-state index is 12.8. The second-order valence-electron chi connectivity index (χ2n) is 18.7. The van der Waals surface area contributed by atoms with Crippen LogP contribution in [0.15, 0.2) is 11.1 Å². The van der Waals surface area contributed by atoms with Gasteiger partial charge in [-0.05, 0) is 12.8 Å². The van der Waals surface area contributed by atoms with E-state index in [4.69, 9.17) is 9.47 Å². The van der Waals surface area contributed by atoms with Crippen molar-refractivity contribution in [2.45, 2.75) is 259 Å². The molecule has 56 heavy (non-hydrogen) atoms. The summed E-state index contributed by atoms with van der Waals surface area (Å²) in [5.41, 5.74) is 8.24. The molecule has 0 aliphatic carbocycles. The molecule has 0 N–H and O–H groups in total. The third kappa shape index (κ3) is 40.4. The van der Waals surface area contributed by atoms with Crippen molar-refractivity contribution in [1.29, 1.82) is 0 Å². The average molecular weight is 813 g/mol. The summed E-state index contributed by atoms with van der Waals surface area (Å²) in [6.45, 7) is 17.9. The van der Waals surface area contributed by atoms with Gasteiger partial charge in [0.15, 0.2) is 0 Å². The number of carbonyl (C=O) groups excluding carboxylic acids is 2. The number of carbonyl (C=O) groups is 2. The van der Waals surface area contributed by atoms with Crippen LogP contribution in [-0.2, 0) is 19.1 Å². The molecular formula is C50H92O4Si2. The average Bonchev–Trinajstić information content (AvgIpc) is 3.14. The fraction of sp³-hybridized carbons (Fsp3) is 0.840. The van der Waals surface area contributed by atoms with Crippen LogP contribution < -0.4 is 0 Å². The lowest BCUT2D eigenvalue weighted by atomic mass is 10.0. The molecule has 0 aromatic rings. The Balaban J connectivity index is 4.67. The number of esters is 2. The molecule has 0 radical (unpaired) electrons. The highest BCUT2D eigenvalue weighted by molar-refractivity contribution is 6.84.